The Kier molecular flexibility index (Phi) is 3.93. The van der Waals surface area contributed by atoms with Gasteiger partial charge < -0.3 is 19.9 Å². The SMILES string of the molecule is Cc1nc2ncnc(N3CCNCC3C(=O)OC(C)(C)C)c2[nH]1. The fraction of sp³-hybridized carbons (Fsp3) is 0.600. The first-order chi connectivity index (χ1) is 10.8. The monoisotopic (exact) mass is 318 g/mol. The van der Waals surface area contributed by atoms with Crippen molar-refractivity contribution in [2.75, 3.05) is 24.5 Å². The number of esters is 1. The predicted molar refractivity (Wildman–Crippen MR) is 86.3 cm³/mol. The van der Waals surface area contributed by atoms with Gasteiger partial charge >= 0.3 is 5.97 Å². The lowest BCUT2D eigenvalue weighted by atomic mass is 10.1. The Morgan fingerprint density at radius 1 is 1.39 bits per heavy atom. The van der Waals surface area contributed by atoms with E-state index < -0.39 is 11.6 Å². The highest BCUT2D eigenvalue weighted by molar-refractivity contribution is 5.88. The van der Waals surface area contributed by atoms with Gasteiger partial charge in [0.05, 0.1) is 0 Å². The summed E-state index contributed by atoms with van der Waals surface area (Å²) < 4.78 is 5.56. The molecule has 1 unspecified atom stereocenters. The number of H-pyrrole nitrogens is 1. The number of carbonyl (C=O) groups excluding carboxylic acids is 1. The minimum Gasteiger partial charge on any atom is -0.458 e. The molecule has 0 amide bonds. The van der Waals surface area contributed by atoms with Gasteiger partial charge in [-0.15, -0.1) is 0 Å². The summed E-state index contributed by atoms with van der Waals surface area (Å²) in [5, 5.41) is 3.24. The van der Waals surface area contributed by atoms with Gasteiger partial charge in [0.1, 0.15) is 29.3 Å². The molecule has 0 saturated carbocycles. The molecule has 1 fully saturated rings. The molecular formula is C15H22N6O2. The van der Waals surface area contributed by atoms with Crippen LogP contribution in [0, 0.1) is 6.92 Å². The van der Waals surface area contributed by atoms with Gasteiger partial charge in [-0.25, -0.2) is 19.7 Å². The summed E-state index contributed by atoms with van der Waals surface area (Å²) in [6, 6.07) is -0.426. The van der Waals surface area contributed by atoms with Crippen LogP contribution in [0.1, 0.15) is 26.6 Å². The highest BCUT2D eigenvalue weighted by Gasteiger charge is 2.34. The van der Waals surface area contributed by atoms with Crippen molar-refractivity contribution >= 4 is 23.0 Å². The Balaban J connectivity index is 1.96. The van der Waals surface area contributed by atoms with Crippen molar-refractivity contribution in [3.8, 4) is 0 Å². The summed E-state index contributed by atoms with van der Waals surface area (Å²) in [5.41, 5.74) is 0.834. The standard InChI is InChI=1S/C15H22N6O2/c1-9-19-11-12(20-9)17-8-18-13(11)21-6-5-16-7-10(21)14(22)23-15(2,3)4/h8,10,16H,5-7H2,1-4H3,(H,17,18,19,20). The summed E-state index contributed by atoms with van der Waals surface area (Å²) in [6.07, 6.45) is 1.48. The Bertz CT molecular complexity index is 720. The molecule has 8 heteroatoms. The lowest BCUT2D eigenvalue weighted by Gasteiger charge is -2.36. The number of nitrogens with zero attached hydrogens (tertiary/aromatic N) is 4. The molecular weight excluding hydrogens is 296 g/mol. The molecule has 1 aliphatic heterocycles. The molecule has 3 heterocycles. The topological polar surface area (TPSA) is 96.0 Å². The molecule has 1 saturated heterocycles. The van der Waals surface area contributed by atoms with E-state index in [4.69, 9.17) is 4.74 Å². The predicted octanol–water partition coefficient (Wildman–Crippen LogP) is 0.781. The average Bonchev–Trinajstić information content (AvgIpc) is 2.85. The van der Waals surface area contributed by atoms with Gasteiger partial charge in [-0.05, 0) is 27.7 Å². The Morgan fingerprint density at radius 3 is 2.91 bits per heavy atom. The number of aromatic nitrogens is 4. The second-order valence-electron chi connectivity index (χ2n) is 6.66. The maximum Gasteiger partial charge on any atom is 0.330 e. The summed E-state index contributed by atoms with van der Waals surface area (Å²) in [5.74, 6) is 1.20. The summed E-state index contributed by atoms with van der Waals surface area (Å²) in [6.45, 7) is 9.43. The van der Waals surface area contributed by atoms with Crippen LogP contribution in [0.15, 0.2) is 6.33 Å². The molecule has 1 atom stereocenters. The number of ether oxygens (including phenoxy) is 1. The van der Waals surface area contributed by atoms with E-state index in [1.807, 2.05) is 32.6 Å². The first kappa shape index (κ1) is 15.7. The minimum absolute atomic E-state index is 0.257. The third kappa shape index (κ3) is 3.26. The van der Waals surface area contributed by atoms with Crippen LogP contribution in [-0.2, 0) is 9.53 Å². The van der Waals surface area contributed by atoms with Gasteiger partial charge in [0.25, 0.3) is 0 Å². The molecule has 0 bridgehead atoms. The Labute approximate surface area is 134 Å². The lowest BCUT2D eigenvalue weighted by Crippen LogP contribution is -2.56. The molecule has 124 valence electrons. The zero-order valence-electron chi connectivity index (χ0n) is 13.9. The van der Waals surface area contributed by atoms with Gasteiger partial charge in [0.15, 0.2) is 11.5 Å². The van der Waals surface area contributed by atoms with E-state index in [2.05, 4.69) is 25.3 Å². The van der Waals surface area contributed by atoms with E-state index >= 15 is 0 Å². The third-order valence-electron chi connectivity index (χ3n) is 3.58. The number of nitrogens with one attached hydrogen (secondary N) is 2. The van der Waals surface area contributed by atoms with Crippen molar-refractivity contribution in [2.24, 2.45) is 0 Å². The van der Waals surface area contributed by atoms with Crippen molar-refractivity contribution in [1.82, 2.24) is 25.3 Å². The van der Waals surface area contributed by atoms with Crippen molar-refractivity contribution in [3.05, 3.63) is 12.2 Å². The number of aryl methyl sites for hydroxylation is 1. The fourth-order valence-electron chi connectivity index (χ4n) is 2.69. The lowest BCUT2D eigenvalue weighted by molar-refractivity contribution is -0.156. The van der Waals surface area contributed by atoms with Gasteiger partial charge in [0, 0.05) is 19.6 Å². The van der Waals surface area contributed by atoms with Crippen LogP contribution < -0.4 is 10.2 Å². The largest absolute Gasteiger partial charge is 0.458 e. The normalized spacial score (nSPS) is 19.1. The van der Waals surface area contributed by atoms with E-state index in [0.717, 1.165) is 17.9 Å². The highest BCUT2D eigenvalue weighted by atomic mass is 16.6. The fourth-order valence-corrected chi connectivity index (χ4v) is 2.69. The maximum absolute atomic E-state index is 12.6. The van der Waals surface area contributed by atoms with Crippen molar-refractivity contribution < 1.29 is 9.53 Å². The van der Waals surface area contributed by atoms with Crippen molar-refractivity contribution in [2.45, 2.75) is 39.3 Å². The third-order valence-corrected chi connectivity index (χ3v) is 3.58. The Morgan fingerprint density at radius 2 is 2.17 bits per heavy atom. The molecule has 8 nitrogen and oxygen atoms in total. The molecule has 0 aromatic carbocycles. The average molecular weight is 318 g/mol. The van der Waals surface area contributed by atoms with Crippen LogP contribution in [-0.4, -0.2) is 57.2 Å². The molecule has 2 N–H and O–H groups in total. The van der Waals surface area contributed by atoms with Gasteiger partial charge in [-0.2, -0.15) is 0 Å². The van der Waals surface area contributed by atoms with Crippen molar-refractivity contribution in [1.29, 1.82) is 0 Å². The summed E-state index contributed by atoms with van der Waals surface area (Å²) in [7, 11) is 0. The molecule has 2 aromatic rings. The number of rotatable bonds is 2. The van der Waals surface area contributed by atoms with Crippen LogP contribution in [0.25, 0.3) is 11.2 Å². The smallest absolute Gasteiger partial charge is 0.330 e. The number of fused-ring (bicyclic) bond motifs is 1. The quantitative estimate of drug-likeness (QED) is 0.790. The molecule has 2 aromatic heterocycles. The maximum atomic E-state index is 12.6. The first-order valence-electron chi connectivity index (χ1n) is 7.73. The highest BCUT2D eigenvalue weighted by Crippen LogP contribution is 2.24. The van der Waals surface area contributed by atoms with Gasteiger partial charge in [-0.1, -0.05) is 0 Å². The number of carbonyl (C=O) groups is 1. The van der Waals surface area contributed by atoms with Crippen LogP contribution >= 0.6 is 0 Å². The Hall–Kier alpha value is -2.22. The van der Waals surface area contributed by atoms with Crippen LogP contribution in [0.4, 0.5) is 5.82 Å². The van der Waals surface area contributed by atoms with Crippen LogP contribution in [0.5, 0.6) is 0 Å². The van der Waals surface area contributed by atoms with Crippen LogP contribution in [0.2, 0.25) is 0 Å². The number of aromatic amines is 1. The number of anilines is 1. The second kappa shape index (κ2) is 5.77. The number of piperazine rings is 1. The molecule has 0 radical (unpaired) electrons. The number of hydrogen-bond acceptors (Lipinski definition) is 7. The summed E-state index contributed by atoms with van der Waals surface area (Å²) in [4.78, 5) is 30.6. The molecule has 23 heavy (non-hydrogen) atoms. The van der Waals surface area contributed by atoms with E-state index in [-0.39, 0.29) is 5.97 Å². The van der Waals surface area contributed by atoms with Gasteiger partial charge in [-0.3, -0.25) is 0 Å². The van der Waals surface area contributed by atoms with Crippen LogP contribution in [0.3, 0.4) is 0 Å². The summed E-state index contributed by atoms with van der Waals surface area (Å²) >= 11 is 0. The zero-order valence-corrected chi connectivity index (χ0v) is 13.9. The van der Waals surface area contributed by atoms with E-state index in [0.29, 0.717) is 24.6 Å². The molecule has 3 rings (SSSR count). The van der Waals surface area contributed by atoms with E-state index in [1.54, 1.807) is 0 Å². The van der Waals surface area contributed by atoms with Crippen molar-refractivity contribution in [3.63, 3.8) is 0 Å². The zero-order chi connectivity index (χ0) is 16.6. The van der Waals surface area contributed by atoms with E-state index in [9.17, 15) is 4.79 Å². The van der Waals surface area contributed by atoms with Gasteiger partial charge in [0.2, 0.25) is 0 Å². The second-order valence-corrected chi connectivity index (χ2v) is 6.66. The number of hydrogen-bond donors (Lipinski definition) is 2. The molecule has 1 aliphatic rings. The molecule has 0 aliphatic carbocycles. The minimum atomic E-state index is -0.522. The first-order valence-corrected chi connectivity index (χ1v) is 7.73. The van der Waals surface area contributed by atoms with E-state index in [1.165, 1.54) is 6.33 Å². The molecule has 0 spiro atoms. The number of imidazole rings is 1.